The van der Waals surface area contributed by atoms with Crippen molar-refractivity contribution in [3.63, 3.8) is 0 Å². The van der Waals surface area contributed by atoms with Gasteiger partial charge < -0.3 is 9.47 Å². The molecule has 0 aliphatic heterocycles. The van der Waals surface area contributed by atoms with Crippen LogP contribution in [0.3, 0.4) is 0 Å². The maximum absolute atomic E-state index is 13.3. The Bertz CT molecular complexity index is 1270. The Morgan fingerprint density at radius 1 is 0.879 bits per heavy atom. The Morgan fingerprint density at radius 3 is 2.36 bits per heavy atom. The van der Waals surface area contributed by atoms with Crippen LogP contribution in [0.25, 0.3) is 10.8 Å². The predicted octanol–water partition coefficient (Wildman–Crippen LogP) is 7.32. The van der Waals surface area contributed by atoms with E-state index in [0.29, 0.717) is 23.5 Å². The lowest BCUT2D eigenvalue weighted by atomic mass is 9.90. The summed E-state index contributed by atoms with van der Waals surface area (Å²) < 4.78 is 11.6. The molecule has 164 valence electrons. The van der Waals surface area contributed by atoms with Crippen molar-refractivity contribution in [2.75, 3.05) is 0 Å². The summed E-state index contributed by atoms with van der Waals surface area (Å²) >= 11 is 0. The average Bonchev–Trinajstić information content (AvgIpc) is 2.86. The third-order valence-electron chi connectivity index (χ3n) is 5.55. The molecule has 4 aromatic carbocycles. The van der Waals surface area contributed by atoms with Crippen LogP contribution in [0.2, 0.25) is 0 Å². The van der Waals surface area contributed by atoms with Crippen molar-refractivity contribution in [1.82, 2.24) is 0 Å². The minimum atomic E-state index is -1.02. The van der Waals surface area contributed by atoms with Crippen molar-refractivity contribution in [2.45, 2.75) is 31.8 Å². The fraction of sp³-hybridized carbons (Fsp3) is 0.172. The van der Waals surface area contributed by atoms with Crippen molar-refractivity contribution < 1.29 is 14.3 Å². The van der Waals surface area contributed by atoms with Gasteiger partial charge in [-0.2, -0.15) is 5.26 Å². The van der Waals surface area contributed by atoms with Crippen LogP contribution >= 0.6 is 0 Å². The largest absolute Gasteiger partial charge is 0.457 e. The highest BCUT2D eigenvalue weighted by Gasteiger charge is 2.27. The van der Waals surface area contributed by atoms with Crippen molar-refractivity contribution in [2.24, 2.45) is 0 Å². The van der Waals surface area contributed by atoms with Gasteiger partial charge in [-0.25, -0.2) is 0 Å². The van der Waals surface area contributed by atoms with Gasteiger partial charge in [-0.3, -0.25) is 4.79 Å². The fourth-order valence-corrected chi connectivity index (χ4v) is 3.98. The van der Waals surface area contributed by atoms with Crippen LogP contribution in [0.15, 0.2) is 97.1 Å². The van der Waals surface area contributed by atoms with Crippen molar-refractivity contribution in [3.05, 3.63) is 108 Å². The lowest BCUT2D eigenvalue weighted by Gasteiger charge is -2.20. The van der Waals surface area contributed by atoms with Crippen molar-refractivity contribution in [3.8, 4) is 17.6 Å². The molecular formula is C29H25NO3. The molecule has 0 radical (unpaired) electrons. The maximum Gasteiger partial charge on any atom is 0.315 e. The van der Waals surface area contributed by atoms with Gasteiger partial charge in [0.15, 0.2) is 0 Å². The molecule has 0 fully saturated rings. The van der Waals surface area contributed by atoms with Crippen LogP contribution in [0, 0.1) is 11.3 Å². The zero-order valence-corrected chi connectivity index (χ0v) is 18.5. The third kappa shape index (κ3) is 5.22. The molecule has 0 aromatic heterocycles. The van der Waals surface area contributed by atoms with Crippen LogP contribution in [0.4, 0.5) is 0 Å². The molecule has 0 saturated heterocycles. The molecule has 0 saturated carbocycles. The van der Waals surface area contributed by atoms with E-state index in [4.69, 9.17) is 9.47 Å². The molecule has 4 nitrogen and oxygen atoms in total. The Hall–Kier alpha value is -4.10. The normalized spacial score (nSPS) is 12.5. The summed E-state index contributed by atoms with van der Waals surface area (Å²) in [6.07, 6.45) is 0.439. The van der Waals surface area contributed by atoms with Crippen LogP contribution in [-0.2, 0) is 9.53 Å². The molecule has 4 heteroatoms. The smallest absolute Gasteiger partial charge is 0.315 e. The van der Waals surface area contributed by atoms with Crippen LogP contribution in [0.5, 0.6) is 11.5 Å². The summed E-state index contributed by atoms with van der Waals surface area (Å²) in [6.45, 7) is 2.04. The summed E-state index contributed by atoms with van der Waals surface area (Å²) in [6, 6.07) is 32.6. The first kappa shape index (κ1) is 22.1. The van der Waals surface area contributed by atoms with Gasteiger partial charge in [0, 0.05) is 5.56 Å². The fourth-order valence-electron chi connectivity index (χ4n) is 3.98. The Kier molecular flexibility index (Phi) is 7.02. The van der Waals surface area contributed by atoms with Gasteiger partial charge in [-0.05, 0) is 47.0 Å². The number of hydrogen-bond donors (Lipinski definition) is 0. The highest BCUT2D eigenvalue weighted by atomic mass is 16.5. The number of nitrogens with zero attached hydrogens (tertiary/aromatic N) is 1. The van der Waals surface area contributed by atoms with E-state index in [2.05, 4.69) is 6.07 Å². The Labute approximate surface area is 194 Å². The Morgan fingerprint density at radius 2 is 1.58 bits per heavy atom. The van der Waals surface area contributed by atoms with Crippen molar-refractivity contribution in [1.29, 1.82) is 5.26 Å². The van der Waals surface area contributed by atoms with Gasteiger partial charge in [0.25, 0.3) is 0 Å². The lowest BCUT2D eigenvalue weighted by Crippen LogP contribution is -2.19. The van der Waals surface area contributed by atoms with E-state index in [9.17, 15) is 10.1 Å². The number of ether oxygens (including phenoxy) is 2. The zero-order chi connectivity index (χ0) is 23.0. The molecule has 0 aliphatic carbocycles. The number of esters is 1. The third-order valence-corrected chi connectivity index (χ3v) is 5.55. The van der Waals surface area contributed by atoms with E-state index < -0.39 is 18.0 Å². The van der Waals surface area contributed by atoms with E-state index in [1.807, 2.05) is 85.8 Å². The summed E-state index contributed by atoms with van der Waals surface area (Å²) in [4.78, 5) is 13.3. The van der Waals surface area contributed by atoms with Gasteiger partial charge in [-0.1, -0.05) is 86.1 Å². The first-order valence-corrected chi connectivity index (χ1v) is 11.1. The first-order chi connectivity index (χ1) is 16.2. The van der Waals surface area contributed by atoms with E-state index in [1.165, 1.54) is 0 Å². The molecule has 0 amide bonds. The monoisotopic (exact) mass is 435 g/mol. The minimum absolute atomic E-state index is 0.394. The molecule has 0 spiro atoms. The van der Waals surface area contributed by atoms with Crippen LogP contribution < -0.4 is 4.74 Å². The predicted molar refractivity (Wildman–Crippen MR) is 129 cm³/mol. The van der Waals surface area contributed by atoms with E-state index in [0.717, 1.165) is 22.8 Å². The standard InChI is InChI=1S/C29H25NO3/c1-2-10-27(26-18-9-12-21-11-6-7-17-25(21)26)29(31)33-28(20-30)22-13-8-16-24(19-22)32-23-14-4-3-5-15-23/h3-9,11-19,27-28H,2,10H2,1H3. The molecule has 33 heavy (non-hydrogen) atoms. The maximum atomic E-state index is 13.3. The molecule has 4 aromatic rings. The molecule has 0 bridgehead atoms. The Balaban J connectivity index is 1.57. The molecular weight excluding hydrogens is 410 g/mol. The van der Waals surface area contributed by atoms with Crippen molar-refractivity contribution >= 4 is 16.7 Å². The highest BCUT2D eigenvalue weighted by Crippen LogP contribution is 2.32. The summed E-state index contributed by atoms with van der Waals surface area (Å²) in [7, 11) is 0. The van der Waals surface area contributed by atoms with E-state index in [-0.39, 0.29) is 0 Å². The molecule has 2 atom stereocenters. The first-order valence-electron chi connectivity index (χ1n) is 11.1. The molecule has 0 aliphatic rings. The minimum Gasteiger partial charge on any atom is -0.457 e. The molecule has 4 rings (SSSR count). The van der Waals surface area contributed by atoms with Gasteiger partial charge in [0.2, 0.25) is 6.10 Å². The van der Waals surface area contributed by atoms with E-state index >= 15 is 0 Å². The van der Waals surface area contributed by atoms with Gasteiger partial charge in [0.1, 0.15) is 17.6 Å². The number of nitriles is 1. The second-order valence-electron chi connectivity index (χ2n) is 7.84. The van der Waals surface area contributed by atoms with Crippen LogP contribution in [-0.4, -0.2) is 5.97 Å². The van der Waals surface area contributed by atoms with E-state index in [1.54, 1.807) is 18.2 Å². The zero-order valence-electron chi connectivity index (χ0n) is 18.5. The number of carbonyl (C=O) groups is 1. The number of para-hydroxylation sites is 1. The summed E-state index contributed by atoms with van der Waals surface area (Å²) in [5.74, 6) is 0.433. The number of rotatable bonds is 8. The van der Waals surface area contributed by atoms with Crippen LogP contribution in [0.1, 0.15) is 42.9 Å². The van der Waals surface area contributed by atoms with Gasteiger partial charge in [0.05, 0.1) is 5.92 Å². The van der Waals surface area contributed by atoms with Gasteiger partial charge in [-0.15, -0.1) is 0 Å². The number of hydrogen-bond acceptors (Lipinski definition) is 4. The number of carbonyl (C=O) groups excluding carboxylic acids is 1. The molecule has 0 N–H and O–H groups in total. The topological polar surface area (TPSA) is 59.3 Å². The quantitative estimate of drug-likeness (QED) is 0.272. The SMILES string of the molecule is CCCC(C(=O)OC(C#N)c1cccc(Oc2ccccc2)c1)c1cccc2ccccc12. The summed E-state index contributed by atoms with van der Waals surface area (Å²) in [5.41, 5.74) is 1.50. The average molecular weight is 436 g/mol. The lowest BCUT2D eigenvalue weighted by molar-refractivity contribution is -0.149. The summed E-state index contributed by atoms with van der Waals surface area (Å²) in [5, 5.41) is 11.9. The number of benzene rings is 4. The van der Waals surface area contributed by atoms with Gasteiger partial charge >= 0.3 is 5.97 Å². The highest BCUT2D eigenvalue weighted by molar-refractivity contribution is 5.91. The second kappa shape index (κ2) is 10.5. The second-order valence-corrected chi connectivity index (χ2v) is 7.84. The molecule has 2 unspecified atom stereocenters. The molecule has 0 heterocycles. The number of fused-ring (bicyclic) bond motifs is 1.